The molecule has 1 fully saturated rings. The number of hydrogen-bond donors (Lipinski definition) is 2. The third-order valence-electron chi connectivity index (χ3n) is 3.19. The maximum atomic E-state index is 11.9. The maximum absolute atomic E-state index is 11.9. The quantitative estimate of drug-likeness (QED) is 0.837. The van der Waals surface area contributed by atoms with Crippen LogP contribution in [-0.4, -0.2) is 19.0 Å². The summed E-state index contributed by atoms with van der Waals surface area (Å²) in [5.74, 6) is 0.183. The molecule has 0 unspecified atom stereocenters. The standard InChI is InChI=1S/C14H17N3O/c15-8-11-3-1-4-12(7-11)9-17-14(18)13-5-2-6-16-10-13/h1,3-4,7,13,16H,2,5-6,9-10H2,(H,17,18)/t13-/m1/s1. The van der Waals surface area contributed by atoms with Gasteiger partial charge in [-0.25, -0.2) is 0 Å². The van der Waals surface area contributed by atoms with E-state index in [9.17, 15) is 4.79 Å². The molecule has 0 aromatic heterocycles. The van der Waals surface area contributed by atoms with Crippen LogP contribution >= 0.6 is 0 Å². The molecule has 18 heavy (non-hydrogen) atoms. The Bertz CT molecular complexity index is 458. The molecule has 1 aliphatic rings. The van der Waals surface area contributed by atoms with E-state index < -0.39 is 0 Å². The average Bonchev–Trinajstić information content (AvgIpc) is 2.46. The Morgan fingerprint density at radius 1 is 1.56 bits per heavy atom. The molecule has 94 valence electrons. The van der Waals surface area contributed by atoms with Crippen molar-refractivity contribution >= 4 is 5.91 Å². The Balaban J connectivity index is 1.86. The van der Waals surface area contributed by atoms with Crippen LogP contribution in [-0.2, 0) is 11.3 Å². The molecular weight excluding hydrogens is 226 g/mol. The van der Waals surface area contributed by atoms with Crippen LogP contribution in [0.1, 0.15) is 24.0 Å². The molecule has 4 heteroatoms. The Hall–Kier alpha value is -1.86. The lowest BCUT2D eigenvalue weighted by molar-refractivity contribution is -0.125. The third kappa shape index (κ3) is 3.31. The predicted molar refractivity (Wildman–Crippen MR) is 68.6 cm³/mol. The van der Waals surface area contributed by atoms with Crippen LogP contribution in [0.3, 0.4) is 0 Å². The largest absolute Gasteiger partial charge is 0.352 e. The minimum absolute atomic E-state index is 0.0814. The van der Waals surface area contributed by atoms with Gasteiger partial charge in [-0.1, -0.05) is 12.1 Å². The first-order chi connectivity index (χ1) is 8.79. The summed E-state index contributed by atoms with van der Waals surface area (Å²) >= 11 is 0. The fourth-order valence-electron chi connectivity index (χ4n) is 2.16. The number of nitrogens with one attached hydrogen (secondary N) is 2. The third-order valence-corrected chi connectivity index (χ3v) is 3.19. The second-order valence-corrected chi connectivity index (χ2v) is 4.57. The summed E-state index contributed by atoms with van der Waals surface area (Å²) in [5, 5.41) is 15.0. The van der Waals surface area contributed by atoms with E-state index in [2.05, 4.69) is 16.7 Å². The van der Waals surface area contributed by atoms with Gasteiger partial charge in [-0.3, -0.25) is 4.79 Å². The van der Waals surface area contributed by atoms with E-state index in [0.717, 1.165) is 31.5 Å². The van der Waals surface area contributed by atoms with Crippen molar-refractivity contribution in [1.82, 2.24) is 10.6 Å². The van der Waals surface area contributed by atoms with Crippen molar-refractivity contribution in [2.75, 3.05) is 13.1 Å². The molecule has 4 nitrogen and oxygen atoms in total. The number of nitriles is 1. The molecule has 2 rings (SSSR count). The fraction of sp³-hybridized carbons (Fsp3) is 0.429. The van der Waals surface area contributed by atoms with Gasteiger partial charge in [0.05, 0.1) is 17.6 Å². The lowest BCUT2D eigenvalue weighted by atomic mass is 9.99. The highest BCUT2D eigenvalue weighted by atomic mass is 16.1. The van der Waals surface area contributed by atoms with Crippen LogP contribution in [0.4, 0.5) is 0 Å². The lowest BCUT2D eigenvalue weighted by Gasteiger charge is -2.21. The van der Waals surface area contributed by atoms with E-state index in [-0.39, 0.29) is 11.8 Å². The minimum atomic E-state index is 0.0814. The highest BCUT2D eigenvalue weighted by molar-refractivity contribution is 5.78. The van der Waals surface area contributed by atoms with Crippen LogP contribution in [0.5, 0.6) is 0 Å². The summed E-state index contributed by atoms with van der Waals surface area (Å²) in [6.45, 7) is 2.27. The van der Waals surface area contributed by atoms with Gasteiger partial charge < -0.3 is 10.6 Å². The monoisotopic (exact) mass is 243 g/mol. The van der Waals surface area contributed by atoms with Crippen molar-refractivity contribution in [2.45, 2.75) is 19.4 Å². The Kier molecular flexibility index (Phi) is 4.32. The molecule has 1 heterocycles. The summed E-state index contributed by atoms with van der Waals surface area (Å²) in [6.07, 6.45) is 2.01. The molecule has 1 aromatic rings. The van der Waals surface area contributed by atoms with Gasteiger partial charge in [-0.2, -0.15) is 5.26 Å². The Morgan fingerprint density at radius 3 is 3.17 bits per heavy atom. The van der Waals surface area contributed by atoms with Crippen LogP contribution in [0.25, 0.3) is 0 Å². The number of benzene rings is 1. The summed E-state index contributed by atoms with van der Waals surface area (Å²) in [4.78, 5) is 11.9. The average molecular weight is 243 g/mol. The Morgan fingerprint density at radius 2 is 2.44 bits per heavy atom. The number of carbonyl (C=O) groups is 1. The molecule has 1 saturated heterocycles. The van der Waals surface area contributed by atoms with Gasteiger partial charge in [0, 0.05) is 13.1 Å². The van der Waals surface area contributed by atoms with Gasteiger partial charge in [0.2, 0.25) is 5.91 Å². The SMILES string of the molecule is N#Cc1cccc(CNC(=O)[C@@H]2CCCNC2)c1. The van der Waals surface area contributed by atoms with Gasteiger partial charge in [-0.15, -0.1) is 0 Å². The van der Waals surface area contributed by atoms with E-state index in [1.165, 1.54) is 0 Å². The summed E-state index contributed by atoms with van der Waals surface area (Å²) < 4.78 is 0. The van der Waals surface area contributed by atoms with Crippen LogP contribution in [0, 0.1) is 17.2 Å². The fourth-order valence-corrected chi connectivity index (χ4v) is 2.16. The second kappa shape index (κ2) is 6.18. The van der Waals surface area contributed by atoms with E-state index in [1.807, 2.05) is 12.1 Å². The van der Waals surface area contributed by atoms with Gasteiger partial charge in [0.15, 0.2) is 0 Å². The van der Waals surface area contributed by atoms with E-state index in [0.29, 0.717) is 12.1 Å². The normalized spacial score (nSPS) is 18.9. The molecule has 0 bridgehead atoms. The molecule has 2 N–H and O–H groups in total. The number of piperidine rings is 1. The first kappa shape index (κ1) is 12.6. The minimum Gasteiger partial charge on any atom is -0.352 e. The van der Waals surface area contributed by atoms with Crippen LogP contribution in [0.15, 0.2) is 24.3 Å². The molecule has 0 radical (unpaired) electrons. The predicted octanol–water partition coefficient (Wildman–Crippen LogP) is 1.17. The van der Waals surface area contributed by atoms with Crippen molar-refractivity contribution in [1.29, 1.82) is 5.26 Å². The molecule has 1 atom stereocenters. The van der Waals surface area contributed by atoms with Crippen LogP contribution in [0.2, 0.25) is 0 Å². The van der Waals surface area contributed by atoms with Crippen molar-refractivity contribution in [3.05, 3.63) is 35.4 Å². The topological polar surface area (TPSA) is 64.9 Å². The maximum Gasteiger partial charge on any atom is 0.224 e. The van der Waals surface area contributed by atoms with Crippen molar-refractivity contribution in [3.8, 4) is 6.07 Å². The summed E-state index contributed by atoms with van der Waals surface area (Å²) in [7, 11) is 0. The van der Waals surface area contributed by atoms with Crippen molar-refractivity contribution in [3.63, 3.8) is 0 Å². The molecular formula is C14H17N3O. The first-order valence-electron chi connectivity index (χ1n) is 6.27. The molecule has 0 spiro atoms. The van der Waals surface area contributed by atoms with Gasteiger partial charge in [-0.05, 0) is 37.1 Å². The zero-order valence-electron chi connectivity index (χ0n) is 10.3. The first-order valence-corrected chi connectivity index (χ1v) is 6.27. The smallest absolute Gasteiger partial charge is 0.224 e. The zero-order valence-corrected chi connectivity index (χ0v) is 10.3. The highest BCUT2D eigenvalue weighted by Gasteiger charge is 2.20. The summed E-state index contributed by atoms with van der Waals surface area (Å²) in [6, 6.07) is 9.41. The van der Waals surface area contributed by atoms with Gasteiger partial charge in [0.1, 0.15) is 0 Å². The van der Waals surface area contributed by atoms with Crippen molar-refractivity contribution < 1.29 is 4.79 Å². The van der Waals surface area contributed by atoms with Gasteiger partial charge in [0.25, 0.3) is 0 Å². The van der Waals surface area contributed by atoms with E-state index in [4.69, 9.17) is 5.26 Å². The number of rotatable bonds is 3. The number of hydrogen-bond acceptors (Lipinski definition) is 3. The Labute approximate surface area is 107 Å². The molecule has 1 aliphatic heterocycles. The number of nitrogens with zero attached hydrogens (tertiary/aromatic N) is 1. The molecule has 0 aliphatic carbocycles. The van der Waals surface area contributed by atoms with Gasteiger partial charge >= 0.3 is 0 Å². The van der Waals surface area contributed by atoms with E-state index in [1.54, 1.807) is 12.1 Å². The molecule has 1 amide bonds. The second-order valence-electron chi connectivity index (χ2n) is 4.57. The molecule has 1 aromatic carbocycles. The van der Waals surface area contributed by atoms with Crippen LogP contribution < -0.4 is 10.6 Å². The zero-order chi connectivity index (χ0) is 12.8. The highest BCUT2D eigenvalue weighted by Crippen LogP contribution is 2.10. The van der Waals surface area contributed by atoms with Crippen molar-refractivity contribution in [2.24, 2.45) is 5.92 Å². The number of carbonyl (C=O) groups excluding carboxylic acids is 1. The summed E-state index contributed by atoms with van der Waals surface area (Å²) in [5.41, 5.74) is 1.59. The molecule has 0 saturated carbocycles. The lowest BCUT2D eigenvalue weighted by Crippen LogP contribution is -2.40. The number of amides is 1. The van der Waals surface area contributed by atoms with E-state index >= 15 is 0 Å².